The smallest absolute Gasteiger partial charge is 0.315 e. The minimum absolute atomic E-state index is 0.0796. The molecule has 1 saturated carbocycles. The molecule has 0 aromatic heterocycles. The fourth-order valence-corrected chi connectivity index (χ4v) is 2.25. The van der Waals surface area contributed by atoms with Crippen molar-refractivity contribution >= 4 is 23.8 Å². The SMILES string of the molecule is CSC1(CNC(=O)NC(C)CCC(=O)O)CC1. The summed E-state index contributed by atoms with van der Waals surface area (Å²) < 4.78 is 0.252. The van der Waals surface area contributed by atoms with Gasteiger partial charge < -0.3 is 15.7 Å². The molecule has 17 heavy (non-hydrogen) atoms. The molecular weight excluding hydrogens is 240 g/mol. The van der Waals surface area contributed by atoms with Crippen molar-refractivity contribution in [2.45, 2.75) is 43.4 Å². The first-order valence-electron chi connectivity index (χ1n) is 5.79. The van der Waals surface area contributed by atoms with E-state index >= 15 is 0 Å². The number of amides is 2. The molecule has 5 nitrogen and oxygen atoms in total. The van der Waals surface area contributed by atoms with Crippen molar-refractivity contribution in [2.24, 2.45) is 0 Å². The highest BCUT2D eigenvalue weighted by atomic mass is 32.2. The predicted octanol–water partition coefficient (Wildman–Crippen LogP) is 1.43. The van der Waals surface area contributed by atoms with E-state index in [1.54, 1.807) is 11.8 Å². The molecule has 0 bridgehead atoms. The average molecular weight is 260 g/mol. The first-order valence-corrected chi connectivity index (χ1v) is 7.01. The van der Waals surface area contributed by atoms with E-state index in [1.807, 2.05) is 6.92 Å². The van der Waals surface area contributed by atoms with Gasteiger partial charge in [0.2, 0.25) is 0 Å². The van der Waals surface area contributed by atoms with Crippen LogP contribution in [-0.4, -0.2) is 40.7 Å². The van der Waals surface area contributed by atoms with Crippen LogP contribution in [0.2, 0.25) is 0 Å². The van der Waals surface area contributed by atoms with Crippen LogP contribution in [0.5, 0.6) is 0 Å². The number of rotatable bonds is 7. The number of carbonyl (C=O) groups is 2. The van der Waals surface area contributed by atoms with E-state index < -0.39 is 5.97 Å². The van der Waals surface area contributed by atoms with Crippen molar-refractivity contribution < 1.29 is 14.7 Å². The Morgan fingerprint density at radius 2 is 2.12 bits per heavy atom. The van der Waals surface area contributed by atoms with Gasteiger partial charge in [0.1, 0.15) is 0 Å². The van der Waals surface area contributed by atoms with E-state index in [0.717, 1.165) is 12.8 Å². The molecule has 2 amide bonds. The molecule has 1 unspecified atom stereocenters. The van der Waals surface area contributed by atoms with E-state index in [9.17, 15) is 9.59 Å². The number of hydrogen-bond donors (Lipinski definition) is 3. The maximum atomic E-state index is 11.5. The molecule has 0 aromatic carbocycles. The third-order valence-electron chi connectivity index (χ3n) is 2.98. The summed E-state index contributed by atoms with van der Waals surface area (Å²) in [5.41, 5.74) is 0. The monoisotopic (exact) mass is 260 g/mol. The highest BCUT2D eigenvalue weighted by molar-refractivity contribution is 8.00. The molecule has 0 spiro atoms. The standard InChI is InChI=1S/C11H20N2O3S/c1-8(3-4-9(14)15)13-10(16)12-7-11(17-2)5-6-11/h8H,3-7H2,1-2H3,(H,14,15)(H2,12,13,16). The number of carboxylic acid groups (broad SMARTS) is 1. The second kappa shape index (κ2) is 6.14. The summed E-state index contributed by atoms with van der Waals surface area (Å²) in [6.07, 6.45) is 4.90. The van der Waals surface area contributed by atoms with E-state index in [-0.39, 0.29) is 23.2 Å². The lowest BCUT2D eigenvalue weighted by Gasteiger charge is -2.16. The number of aliphatic carboxylic acids is 1. The van der Waals surface area contributed by atoms with Crippen LogP contribution in [-0.2, 0) is 4.79 Å². The zero-order valence-electron chi connectivity index (χ0n) is 10.3. The summed E-state index contributed by atoms with van der Waals surface area (Å²) in [5.74, 6) is -0.835. The second-order valence-electron chi connectivity index (χ2n) is 4.55. The van der Waals surface area contributed by atoms with Crippen LogP contribution in [0.3, 0.4) is 0 Å². The van der Waals surface area contributed by atoms with Gasteiger partial charge in [0.05, 0.1) is 0 Å². The molecule has 0 radical (unpaired) electrons. The van der Waals surface area contributed by atoms with Crippen LogP contribution in [0, 0.1) is 0 Å². The second-order valence-corrected chi connectivity index (χ2v) is 5.82. The number of carbonyl (C=O) groups excluding carboxylic acids is 1. The third kappa shape index (κ3) is 5.30. The van der Waals surface area contributed by atoms with Gasteiger partial charge in [-0.3, -0.25) is 4.79 Å². The van der Waals surface area contributed by atoms with E-state index in [1.165, 1.54) is 0 Å². The van der Waals surface area contributed by atoms with Gasteiger partial charge >= 0.3 is 12.0 Å². The van der Waals surface area contributed by atoms with E-state index in [0.29, 0.717) is 13.0 Å². The predicted molar refractivity (Wildman–Crippen MR) is 68.3 cm³/mol. The largest absolute Gasteiger partial charge is 0.481 e. The Bertz CT molecular complexity index is 292. The summed E-state index contributed by atoms with van der Waals surface area (Å²) in [6.45, 7) is 2.50. The molecule has 3 N–H and O–H groups in total. The molecule has 1 rings (SSSR count). The number of urea groups is 1. The van der Waals surface area contributed by atoms with E-state index in [4.69, 9.17) is 5.11 Å². The van der Waals surface area contributed by atoms with Crippen molar-refractivity contribution in [3.63, 3.8) is 0 Å². The van der Waals surface area contributed by atoms with Gasteiger partial charge in [0, 0.05) is 23.8 Å². The number of carboxylic acids is 1. The van der Waals surface area contributed by atoms with Crippen LogP contribution in [0.15, 0.2) is 0 Å². The molecule has 0 aromatic rings. The first kappa shape index (κ1) is 14.2. The zero-order valence-corrected chi connectivity index (χ0v) is 11.1. The summed E-state index contributed by atoms with van der Waals surface area (Å²) >= 11 is 1.79. The third-order valence-corrected chi connectivity index (χ3v) is 4.40. The molecule has 1 aliphatic rings. The average Bonchev–Trinajstić information content (AvgIpc) is 3.04. The minimum atomic E-state index is -0.835. The normalized spacial score (nSPS) is 18.2. The van der Waals surface area contributed by atoms with Crippen molar-refractivity contribution in [1.82, 2.24) is 10.6 Å². The maximum Gasteiger partial charge on any atom is 0.315 e. The van der Waals surface area contributed by atoms with Crippen molar-refractivity contribution in [2.75, 3.05) is 12.8 Å². The van der Waals surface area contributed by atoms with E-state index in [2.05, 4.69) is 16.9 Å². The van der Waals surface area contributed by atoms with Gasteiger partial charge in [0.15, 0.2) is 0 Å². The van der Waals surface area contributed by atoms with Crippen molar-refractivity contribution in [3.8, 4) is 0 Å². The number of thioether (sulfide) groups is 1. The molecule has 0 heterocycles. The van der Waals surface area contributed by atoms with Crippen molar-refractivity contribution in [1.29, 1.82) is 0 Å². The Labute approximate surface area is 106 Å². The zero-order chi connectivity index (χ0) is 12.9. The van der Waals surface area contributed by atoms with Crippen LogP contribution >= 0.6 is 11.8 Å². The van der Waals surface area contributed by atoms with Gasteiger partial charge in [-0.05, 0) is 32.4 Å². The Hall–Kier alpha value is -0.910. The lowest BCUT2D eigenvalue weighted by molar-refractivity contribution is -0.137. The molecule has 1 fully saturated rings. The molecular formula is C11H20N2O3S. The van der Waals surface area contributed by atoms with Crippen LogP contribution in [0.1, 0.15) is 32.6 Å². The van der Waals surface area contributed by atoms with Crippen LogP contribution in [0.4, 0.5) is 4.79 Å². The number of hydrogen-bond acceptors (Lipinski definition) is 3. The Morgan fingerprint density at radius 1 is 1.47 bits per heavy atom. The summed E-state index contributed by atoms with van der Waals surface area (Å²) in [6, 6.07) is -0.321. The van der Waals surface area contributed by atoms with Crippen LogP contribution < -0.4 is 10.6 Å². The minimum Gasteiger partial charge on any atom is -0.481 e. The Morgan fingerprint density at radius 3 is 2.59 bits per heavy atom. The lowest BCUT2D eigenvalue weighted by atomic mass is 10.2. The molecule has 0 aliphatic heterocycles. The fourth-order valence-electron chi connectivity index (χ4n) is 1.52. The van der Waals surface area contributed by atoms with Gasteiger partial charge in [-0.25, -0.2) is 4.79 Å². The summed E-state index contributed by atoms with van der Waals surface area (Å²) in [7, 11) is 0. The molecule has 1 aliphatic carbocycles. The Balaban J connectivity index is 2.13. The molecule has 0 saturated heterocycles. The highest BCUT2D eigenvalue weighted by Gasteiger charge is 2.41. The summed E-state index contributed by atoms with van der Waals surface area (Å²) in [4.78, 5) is 21.9. The maximum absolute atomic E-state index is 11.5. The quantitative estimate of drug-likeness (QED) is 0.647. The lowest BCUT2D eigenvalue weighted by Crippen LogP contribution is -2.43. The van der Waals surface area contributed by atoms with Gasteiger partial charge in [-0.15, -0.1) is 0 Å². The highest BCUT2D eigenvalue weighted by Crippen LogP contribution is 2.46. The Kier molecular flexibility index (Phi) is 5.11. The van der Waals surface area contributed by atoms with Crippen molar-refractivity contribution in [3.05, 3.63) is 0 Å². The molecule has 1 atom stereocenters. The van der Waals surface area contributed by atoms with Crippen LogP contribution in [0.25, 0.3) is 0 Å². The summed E-state index contributed by atoms with van der Waals surface area (Å²) in [5, 5.41) is 14.1. The molecule has 98 valence electrons. The van der Waals surface area contributed by atoms with Gasteiger partial charge in [-0.1, -0.05) is 0 Å². The topological polar surface area (TPSA) is 78.4 Å². The fraction of sp³-hybridized carbons (Fsp3) is 0.818. The van der Waals surface area contributed by atoms with Gasteiger partial charge in [-0.2, -0.15) is 11.8 Å². The first-order chi connectivity index (χ1) is 7.97. The molecule has 6 heteroatoms. The van der Waals surface area contributed by atoms with Gasteiger partial charge in [0.25, 0.3) is 0 Å². The number of nitrogens with one attached hydrogen (secondary N) is 2.